The van der Waals surface area contributed by atoms with Gasteiger partial charge in [0.2, 0.25) is 0 Å². The van der Waals surface area contributed by atoms with E-state index in [2.05, 4.69) is 43.6 Å². The van der Waals surface area contributed by atoms with Gasteiger partial charge in [0.05, 0.1) is 0 Å². The molecule has 0 amide bonds. The molecule has 0 aliphatic carbocycles. The van der Waals surface area contributed by atoms with Crippen LogP contribution in [0.2, 0.25) is 0 Å². The van der Waals surface area contributed by atoms with Gasteiger partial charge < -0.3 is 10.2 Å². The van der Waals surface area contributed by atoms with Crippen molar-refractivity contribution in [2.45, 2.75) is 59.3 Å². The molecule has 3 heteroatoms. The number of phenols is 2. The number of halogens is 1. The summed E-state index contributed by atoms with van der Waals surface area (Å²) in [4.78, 5) is 0. The molecule has 0 spiro atoms. The zero-order valence-corrected chi connectivity index (χ0v) is 17.3. The molecule has 0 atom stereocenters. The van der Waals surface area contributed by atoms with Gasteiger partial charge in [0.15, 0.2) is 0 Å². The molecule has 0 heterocycles. The number of aryl methyl sites for hydroxylation is 4. The molecule has 0 aliphatic heterocycles. The van der Waals surface area contributed by atoms with Crippen molar-refractivity contribution in [1.82, 2.24) is 0 Å². The summed E-state index contributed by atoms with van der Waals surface area (Å²) >= 11 is 3.75. The van der Waals surface area contributed by atoms with Gasteiger partial charge in [-0.15, -0.1) is 0 Å². The van der Waals surface area contributed by atoms with Crippen LogP contribution in [-0.2, 0) is 25.7 Å². The fourth-order valence-electron chi connectivity index (χ4n) is 3.88. The van der Waals surface area contributed by atoms with Gasteiger partial charge in [-0.2, -0.15) is 0 Å². The lowest BCUT2D eigenvalue weighted by molar-refractivity contribution is 0.473. The average Bonchev–Trinajstić information content (AvgIpc) is 2.62. The molecular weight excluding hydrogens is 376 g/mol. The van der Waals surface area contributed by atoms with Crippen LogP contribution in [0.3, 0.4) is 0 Å². The molecule has 0 fully saturated rings. The summed E-state index contributed by atoms with van der Waals surface area (Å²) in [5.74, 6) is 0.918. The van der Waals surface area contributed by atoms with Crippen molar-refractivity contribution < 1.29 is 10.2 Å². The second-order valence-corrected chi connectivity index (χ2v) is 7.12. The highest BCUT2D eigenvalue weighted by Crippen LogP contribution is 2.39. The molecule has 2 aromatic rings. The lowest BCUT2D eigenvalue weighted by Gasteiger charge is -2.27. The van der Waals surface area contributed by atoms with Gasteiger partial charge in [0.1, 0.15) is 11.5 Å². The highest BCUT2D eigenvalue weighted by Gasteiger charge is 2.24. The molecule has 25 heavy (non-hydrogen) atoms. The van der Waals surface area contributed by atoms with Crippen LogP contribution in [0.5, 0.6) is 11.5 Å². The molecule has 0 aromatic heterocycles. The maximum Gasteiger partial charge on any atom is 0.116 e. The first kappa shape index (κ1) is 19.8. The maximum absolute atomic E-state index is 10.1. The molecule has 2 nitrogen and oxygen atoms in total. The van der Waals surface area contributed by atoms with Crippen molar-refractivity contribution in [1.29, 1.82) is 0 Å². The molecule has 136 valence electrons. The lowest BCUT2D eigenvalue weighted by atomic mass is 9.79. The Kier molecular flexibility index (Phi) is 6.95. The third-order valence-electron chi connectivity index (χ3n) is 5.05. The van der Waals surface area contributed by atoms with Gasteiger partial charge in [-0.3, -0.25) is 0 Å². The van der Waals surface area contributed by atoms with Crippen molar-refractivity contribution in [2.75, 3.05) is 5.33 Å². The Morgan fingerprint density at radius 2 is 0.960 bits per heavy atom. The summed E-state index contributed by atoms with van der Waals surface area (Å²) in [5.41, 5.74) is 7.48. The van der Waals surface area contributed by atoms with E-state index in [0.717, 1.165) is 31.0 Å². The third kappa shape index (κ3) is 4.03. The van der Waals surface area contributed by atoms with E-state index >= 15 is 0 Å². The molecular formula is C22H29BrO2. The van der Waals surface area contributed by atoms with E-state index in [1.807, 2.05) is 24.3 Å². The van der Waals surface area contributed by atoms with Gasteiger partial charge in [-0.05, 0) is 83.3 Å². The second-order valence-electron chi connectivity index (χ2n) is 6.48. The molecule has 0 saturated heterocycles. The van der Waals surface area contributed by atoms with E-state index < -0.39 is 0 Å². The Morgan fingerprint density at radius 1 is 0.680 bits per heavy atom. The quantitative estimate of drug-likeness (QED) is 0.566. The summed E-state index contributed by atoms with van der Waals surface area (Å²) in [6.45, 7) is 8.56. The first-order chi connectivity index (χ1) is 12.0. The van der Waals surface area contributed by atoms with Crippen LogP contribution < -0.4 is 0 Å². The smallest absolute Gasteiger partial charge is 0.116 e. The molecule has 2 N–H and O–H groups in total. The molecule has 0 saturated carbocycles. The van der Waals surface area contributed by atoms with E-state index in [1.54, 1.807) is 0 Å². The Morgan fingerprint density at radius 3 is 1.16 bits per heavy atom. The van der Waals surface area contributed by atoms with Crippen LogP contribution in [-0.4, -0.2) is 15.5 Å². The predicted octanol–water partition coefficient (Wildman–Crippen LogP) is 5.87. The van der Waals surface area contributed by atoms with Gasteiger partial charge in [-0.1, -0.05) is 43.6 Å². The Balaban J connectivity index is 2.78. The van der Waals surface area contributed by atoms with E-state index in [0.29, 0.717) is 11.5 Å². The van der Waals surface area contributed by atoms with Gasteiger partial charge in [-0.25, -0.2) is 0 Å². The summed E-state index contributed by atoms with van der Waals surface area (Å²) in [5, 5.41) is 21.0. The number of phenolic OH excluding ortho intramolecular Hbond substituents is 2. The highest BCUT2D eigenvalue weighted by atomic mass is 79.9. The Hall–Kier alpha value is -1.48. The zero-order valence-electron chi connectivity index (χ0n) is 15.7. The van der Waals surface area contributed by atoms with Gasteiger partial charge >= 0.3 is 0 Å². The van der Waals surface area contributed by atoms with Crippen LogP contribution in [0.15, 0.2) is 24.3 Å². The monoisotopic (exact) mass is 404 g/mol. The summed E-state index contributed by atoms with van der Waals surface area (Å²) < 4.78 is 0. The van der Waals surface area contributed by atoms with Crippen LogP contribution in [0.25, 0.3) is 0 Å². The molecule has 0 radical (unpaired) electrons. The van der Waals surface area contributed by atoms with Crippen molar-refractivity contribution >= 4 is 15.9 Å². The fourth-order valence-corrected chi connectivity index (χ4v) is 4.53. The van der Waals surface area contributed by atoms with E-state index in [4.69, 9.17) is 0 Å². The lowest BCUT2D eigenvalue weighted by Crippen LogP contribution is -2.14. The van der Waals surface area contributed by atoms with Crippen molar-refractivity contribution in [3.8, 4) is 11.5 Å². The third-order valence-corrected chi connectivity index (χ3v) is 5.69. The topological polar surface area (TPSA) is 40.5 Å². The van der Waals surface area contributed by atoms with Crippen molar-refractivity contribution in [3.63, 3.8) is 0 Å². The SMILES string of the molecule is CCc1cc(O)cc(CC)c1C(CBr)c1c(CC)cc(O)cc1CC. The zero-order chi connectivity index (χ0) is 18.6. The van der Waals surface area contributed by atoms with Crippen LogP contribution in [0.1, 0.15) is 67.0 Å². The predicted molar refractivity (Wildman–Crippen MR) is 109 cm³/mol. The molecule has 0 unspecified atom stereocenters. The maximum atomic E-state index is 10.1. The molecule has 0 bridgehead atoms. The summed E-state index contributed by atoms with van der Waals surface area (Å²) in [6.07, 6.45) is 3.56. The largest absolute Gasteiger partial charge is 0.508 e. The number of aromatic hydroxyl groups is 2. The van der Waals surface area contributed by atoms with E-state index in [1.165, 1.54) is 33.4 Å². The number of hydrogen-bond acceptors (Lipinski definition) is 2. The first-order valence-corrected chi connectivity index (χ1v) is 10.4. The van der Waals surface area contributed by atoms with E-state index in [9.17, 15) is 10.2 Å². The van der Waals surface area contributed by atoms with Crippen molar-refractivity contribution in [2.24, 2.45) is 0 Å². The van der Waals surface area contributed by atoms with E-state index in [-0.39, 0.29) is 5.92 Å². The minimum Gasteiger partial charge on any atom is -0.508 e. The number of hydrogen-bond donors (Lipinski definition) is 2. The molecule has 2 rings (SSSR count). The molecule has 0 aliphatic rings. The Labute approximate surface area is 160 Å². The highest BCUT2D eigenvalue weighted by molar-refractivity contribution is 9.09. The summed E-state index contributed by atoms with van der Waals surface area (Å²) in [6, 6.07) is 7.62. The van der Waals surface area contributed by atoms with Crippen LogP contribution in [0, 0.1) is 0 Å². The van der Waals surface area contributed by atoms with Gasteiger partial charge in [0, 0.05) is 11.2 Å². The fraction of sp³-hybridized carbons (Fsp3) is 0.455. The first-order valence-electron chi connectivity index (χ1n) is 9.25. The minimum atomic E-state index is 0.219. The normalized spacial score (nSPS) is 11.3. The van der Waals surface area contributed by atoms with Crippen LogP contribution in [0.4, 0.5) is 0 Å². The second kappa shape index (κ2) is 8.75. The number of rotatable bonds is 7. The van der Waals surface area contributed by atoms with Gasteiger partial charge in [0.25, 0.3) is 0 Å². The minimum absolute atomic E-state index is 0.219. The number of benzene rings is 2. The average molecular weight is 405 g/mol. The standard InChI is InChI=1S/C22H29BrO2/c1-5-14-9-18(24)10-15(6-2)21(14)20(13-23)22-16(7-3)11-19(25)12-17(22)8-4/h9-12,20,24-25H,5-8,13H2,1-4H3. The number of alkyl halides is 1. The van der Waals surface area contributed by atoms with Crippen molar-refractivity contribution in [3.05, 3.63) is 57.6 Å². The molecule has 2 aromatic carbocycles. The summed E-state index contributed by atoms with van der Waals surface area (Å²) in [7, 11) is 0. The van der Waals surface area contributed by atoms with Crippen LogP contribution >= 0.6 is 15.9 Å². The Bertz CT molecular complexity index is 625.